The van der Waals surface area contributed by atoms with Crippen LogP contribution in [0.4, 0.5) is 0 Å². The number of nitrogens with one attached hydrogen (secondary N) is 2. The number of hydrogen-bond acceptors (Lipinski definition) is 4. The molecule has 1 saturated heterocycles. The van der Waals surface area contributed by atoms with Crippen molar-refractivity contribution < 1.29 is 9.53 Å². The Kier molecular flexibility index (Phi) is 7.88. The van der Waals surface area contributed by atoms with Gasteiger partial charge in [-0.3, -0.25) is 9.78 Å². The molecule has 1 aromatic heterocycles. The minimum Gasteiger partial charge on any atom is -0.496 e. The second-order valence-electron chi connectivity index (χ2n) is 6.46. The third kappa shape index (κ3) is 5.44. The van der Waals surface area contributed by atoms with Crippen molar-refractivity contribution in [2.24, 2.45) is 5.92 Å². The van der Waals surface area contributed by atoms with Crippen LogP contribution in [0.1, 0.15) is 27.9 Å². The van der Waals surface area contributed by atoms with Crippen molar-refractivity contribution in [3.63, 3.8) is 0 Å². The second kappa shape index (κ2) is 10.1. The third-order valence-corrected chi connectivity index (χ3v) is 4.62. The molecule has 0 radical (unpaired) electrons. The Morgan fingerprint density at radius 3 is 2.96 bits per heavy atom. The zero-order valence-electron chi connectivity index (χ0n) is 15.0. The van der Waals surface area contributed by atoms with Gasteiger partial charge in [-0.05, 0) is 61.5 Å². The normalized spacial score (nSPS) is 16.0. The number of aromatic nitrogens is 1. The Bertz CT molecular complexity index is 718. The predicted octanol–water partition coefficient (Wildman–Crippen LogP) is 2.64. The van der Waals surface area contributed by atoms with Gasteiger partial charge in [0.15, 0.2) is 0 Å². The highest BCUT2D eigenvalue weighted by molar-refractivity contribution is 5.94. The lowest BCUT2D eigenvalue weighted by Crippen LogP contribution is -2.26. The van der Waals surface area contributed by atoms with Gasteiger partial charge in [-0.1, -0.05) is 18.2 Å². The van der Waals surface area contributed by atoms with E-state index in [2.05, 4.69) is 15.6 Å². The van der Waals surface area contributed by atoms with Crippen LogP contribution in [-0.2, 0) is 12.8 Å². The molecule has 26 heavy (non-hydrogen) atoms. The van der Waals surface area contributed by atoms with Crippen LogP contribution in [-0.4, -0.2) is 37.6 Å². The Morgan fingerprint density at radius 1 is 1.35 bits per heavy atom. The molecule has 1 unspecified atom stereocenters. The molecule has 2 N–H and O–H groups in total. The van der Waals surface area contributed by atoms with Crippen LogP contribution in [0.2, 0.25) is 0 Å². The quantitative estimate of drug-likeness (QED) is 0.781. The zero-order valence-corrected chi connectivity index (χ0v) is 15.8. The van der Waals surface area contributed by atoms with Crippen LogP contribution in [0.5, 0.6) is 5.75 Å². The Hall–Kier alpha value is -2.11. The SMILES string of the molecule is COc1ccccc1CCNC(=O)c1cncc(CC2CCNC2)c1.Cl. The summed E-state index contributed by atoms with van der Waals surface area (Å²) >= 11 is 0. The first-order valence-electron chi connectivity index (χ1n) is 8.81. The molecule has 140 valence electrons. The van der Waals surface area contributed by atoms with E-state index in [9.17, 15) is 4.79 Å². The molecule has 1 aliphatic rings. The van der Waals surface area contributed by atoms with E-state index >= 15 is 0 Å². The van der Waals surface area contributed by atoms with Gasteiger partial charge >= 0.3 is 0 Å². The maximum atomic E-state index is 12.4. The highest BCUT2D eigenvalue weighted by Gasteiger charge is 2.16. The van der Waals surface area contributed by atoms with Crippen LogP contribution in [0.3, 0.4) is 0 Å². The van der Waals surface area contributed by atoms with E-state index in [4.69, 9.17) is 4.74 Å². The van der Waals surface area contributed by atoms with Crippen molar-refractivity contribution >= 4 is 18.3 Å². The van der Waals surface area contributed by atoms with Gasteiger partial charge in [0.05, 0.1) is 12.7 Å². The Balaban J connectivity index is 0.00000243. The predicted molar refractivity (Wildman–Crippen MR) is 105 cm³/mol. The lowest BCUT2D eigenvalue weighted by atomic mass is 9.99. The molecule has 1 aliphatic heterocycles. The number of methoxy groups -OCH3 is 1. The van der Waals surface area contributed by atoms with E-state index < -0.39 is 0 Å². The summed E-state index contributed by atoms with van der Waals surface area (Å²) in [7, 11) is 1.66. The molecular weight excluding hydrogens is 350 g/mol. The number of carbonyl (C=O) groups is 1. The van der Waals surface area contributed by atoms with Crippen LogP contribution < -0.4 is 15.4 Å². The van der Waals surface area contributed by atoms with Gasteiger partial charge in [-0.15, -0.1) is 12.4 Å². The van der Waals surface area contributed by atoms with Crippen LogP contribution >= 0.6 is 12.4 Å². The van der Waals surface area contributed by atoms with Gasteiger partial charge in [-0.25, -0.2) is 0 Å². The molecule has 2 aromatic rings. The summed E-state index contributed by atoms with van der Waals surface area (Å²) in [5.74, 6) is 1.42. The first-order chi connectivity index (χ1) is 12.3. The molecule has 0 spiro atoms. The standard InChI is InChI=1S/C20H25N3O2.ClH/c1-25-19-5-3-2-4-17(19)7-9-23-20(24)18-11-16(13-22-14-18)10-15-6-8-21-12-15;/h2-5,11,13-15,21H,6-10,12H2,1H3,(H,23,24);1H. The monoisotopic (exact) mass is 375 g/mol. The van der Waals surface area contributed by atoms with Gasteiger partial charge in [0.2, 0.25) is 0 Å². The summed E-state index contributed by atoms with van der Waals surface area (Å²) in [6, 6.07) is 9.83. The molecule has 1 atom stereocenters. The van der Waals surface area contributed by atoms with Crippen molar-refractivity contribution in [1.82, 2.24) is 15.6 Å². The molecule has 0 bridgehead atoms. The number of rotatable bonds is 7. The number of nitrogens with zero attached hydrogens (tertiary/aromatic N) is 1. The van der Waals surface area contributed by atoms with Crippen LogP contribution in [0, 0.1) is 5.92 Å². The summed E-state index contributed by atoms with van der Waals surface area (Å²) in [5, 5.41) is 6.35. The van der Waals surface area contributed by atoms with E-state index in [-0.39, 0.29) is 18.3 Å². The lowest BCUT2D eigenvalue weighted by Gasteiger charge is -2.11. The van der Waals surface area contributed by atoms with Gasteiger partial charge in [0.1, 0.15) is 5.75 Å². The van der Waals surface area contributed by atoms with Crippen molar-refractivity contribution in [2.45, 2.75) is 19.3 Å². The van der Waals surface area contributed by atoms with Gasteiger partial charge < -0.3 is 15.4 Å². The number of hydrogen-bond donors (Lipinski definition) is 2. The Morgan fingerprint density at radius 2 is 2.19 bits per heavy atom. The Labute approximate surface area is 161 Å². The topological polar surface area (TPSA) is 63.2 Å². The van der Waals surface area contributed by atoms with Gasteiger partial charge in [0, 0.05) is 18.9 Å². The number of para-hydroxylation sites is 1. The first-order valence-corrected chi connectivity index (χ1v) is 8.81. The fourth-order valence-corrected chi connectivity index (χ4v) is 3.27. The van der Waals surface area contributed by atoms with Crippen molar-refractivity contribution in [1.29, 1.82) is 0 Å². The van der Waals surface area contributed by atoms with E-state index in [1.807, 2.05) is 36.5 Å². The highest BCUT2D eigenvalue weighted by atomic mass is 35.5. The molecule has 1 aromatic carbocycles. The highest BCUT2D eigenvalue weighted by Crippen LogP contribution is 2.17. The van der Waals surface area contributed by atoms with E-state index in [1.165, 1.54) is 6.42 Å². The number of amides is 1. The van der Waals surface area contributed by atoms with Crippen molar-refractivity contribution in [3.8, 4) is 5.75 Å². The number of halogens is 1. The number of ether oxygens (including phenoxy) is 1. The van der Waals surface area contributed by atoms with Gasteiger partial charge in [0.25, 0.3) is 5.91 Å². The number of pyridine rings is 1. The molecule has 1 fully saturated rings. The maximum absolute atomic E-state index is 12.4. The van der Waals surface area contributed by atoms with E-state index in [0.717, 1.165) is 42.8 Å². The largest absolute Gasteiger partial charge is 0.496 e. The average Bonchev–Trinajstić information content (AvgIpc) is 3.15. The summed E-state index contributed by atoms with van der Waals surface area (Å²) in [6.45, 7) is 2.70. The van der Waals surface area contributed by atoms with Crippen LogP contribution in [0.25, 0.3) is 0 Å². The van der Waals surface area contributed by atoms with Crippen LogP contribution in [0.15, 0.2) is 42.7 Å². The maximum Gasteiger partial charge on any atom is 0.252 e. The molecule has 0 aliphatic carbocycles. The van der Waals surface area contributed by atoms with E-state index in [1.54, 1.807) is 13.3 Å². The fraction of sp³-hybridized carbons (Fsp3) is 0.400. The zero-order chi connectivity index (χ0) is 17.5. The molecule has 3 rings (SSSR count). The molecule has 0 saturated carbocycles. The first kappa shape index (κ1) is 20.2. The summed E-state index contributed by atoms with van der Waals surface area (Å²) in [6.07, 6.45) is 6.40. The molecule has 2 heterocycles. The fourth-order valence-electron chi connectivity index (χ4n) is 3.27. The van der Waals surface area contributed by atoms with Crippen molar-refractivity contribution in [2.75, 3.05) is 26.7 Å². The lowest BCUT2D eigenvalue weighted by molar-refractivity contribution is 0.0953. The molecule has 6 heteroatoms. The summed E-state index contributed by atoms with van der Waals surface area (Å²) in [5.41, 5.74) is 2.85. The molecule has 5 nitrogen and oxygen atoms in total. The van der Waals surface area contributed by atoms with Crippen molar-refractivity contribution in [3.05, 3.63) is 59.4 Å². The van der Waals surface area contributed by atoms with E-state index in [0.29, 0.717) is 18.0 Å². The number of carbonyl (C=O) groups excluding carboxylic acids is 1. The summed E-state index contributed by atoms with van der Waals surface area (Å²) < 4.78 is 5.34. The minimum absolute atomic E-state index is 0. The minimum atomic E-state index is -0.0752. The summed E-state index contributed by atoms with van der Waals surface area (Å²) in [4.78, 5) is 16.6. The third-order valence-electron chi connectivity index (χ3n) is 4.62. The van der Waals surface area contributed by atoms with Gasteiger partial charge in [-0.2, -0.15) is 0 Å². The smallest absolute Gasteiger partial charge is 0.252 e. The second-order valence-corrected chi connectivity index (χ2v) is 6.46. The average molecular weight is 376 g/mol. The molecule has 1 amide bonds. The number of benzene rings is 1. The molecular formula is C20H26ClN3O2.